The maximum Gasteiger partial charge on any atom is 0.220 e. The van der Waals surface area contributed by atoms with Crippen molar-refractivity contribution in [3.05, 3.63) is 106 Å². The second kappa shape index (κ2) is 11.4. The predicted octanol–water partition coefficient (Wildman–Crippen LogP) is 6.33. The first-order valence-corrected chi connectivity index (χ1v) is 12.6. The molecule has 7 heteroatoms. The average molecular weight is 491 g/mol. The van der Waals surface area contributed by atoms with Crippen molar-refractivity contribution in [1.82, 2.24) is 20.1 Å². The number of nitrogens with one attached hydrogen (secondary N) is 1. The third-order valence-electron chi connectivity index (χ3n) is 5.53. The topological polar surface area (TPSA) is 59.8 Å². The van der Waals surface area contributed by atoms with Gasteiger partial charge in [-0.25, -0.2) is 0 Å². The smallest absolute Gasteiger partial charge is 0.220 e. The highest BCUT2D eigenvalue weighted by Crippen LogP contribution is 2.30. The summed E-state index contributed by atoms with van der Waals surface area (Å²) in [5, 5.41) is 13.5. The maximum absolute atomic E-state index is 12.7. The highest BCUT2D eigenvalue weighted by molar-refractivity contribution is 7.98. The van der Waals surface area contributed by atoms with E-state index in [1.54, 1.807) is 11.8 Å². The molecule has 1 amide bonds. The molecule has 4 rings (SSSR count). The number of benzene rings is 3. The number of thioether (sulfide) groups is 1. The number of aromatic nitrogens is 3. The Kier molecular flexibility index (Phi) is 8.03. The Morgan fingerprint density at radius 1 is 1.00 bits per heavy atom. The van der Waals surface area contributed by atoms with Crippen LogP contribution in [0.3, 0.4) is 0 Å². The SMILES string of the molecule is Cc1ccc(Cl)cc1-n1c(SCc2ccccc2)nnc1C(C)NC(=O)CCc1ccccc1. The fraction of sp³-hybridized carbons (Fsp3) is 0.222. The molecule has 0 bridgehead atoms. The van der Waals surface area contributed by atoms with Crippen LogP contribution in [-0.2, 0) is 17.0 Å². The van der Waals surface area contributed by atoms with Crippen molar-refractivity contribution < 1.29 is 4.79 Å². The molecule has 34 heavy (non-hydrogen) atoms. The van der Waals surface area contributed by atoms with Gasteiger partial charge in [0.25, 0.3) is 0 Å². The van der Waals surface area contributed by atoms with E-state index >= 15 is 0 Å². The highest BCUT2D eigenvalue weighted by atomic mass is 35.5. The van der Waals surface area contributed by atoms with Crippen molar-refractivity contribution in [2.75, 3.05) is 0 Å². The molecule has 1 atom stereocenters. The number of nitrogens with zero attached hydrogens (tertiary/aromatic N) is 3. The van der Waals surface area contributed by atoms with Gasteiger partial charge in [0.1, 0.15) is 0 Å². The molecule has 1 N–H and O–H groups in total. The van der Waals surface area contributed by atoms with E-state index in [-0.39, 0.29) is 11.9 Å². The molecule has 0 saturated carbocycles. The van der Waals surface area contributed by atoms with Crippen LogP contribution in [0.15, 0.2) is 84.0 Å². The van der Waals surface area contributed by atoms with Gasteiger partial charge in [0.05, 0.1) is 11.7 Å². The van der Waals surface area contributed by atoms with Crippen LogP contribution in [0.1, 0.15) is 41.9 Å². The Labute approximate surface area is 209 Å². The van der Waals surface area contributed by atoms with Gasteiger partial charge in [0, 0.05) is 17.2 Å². The number of amides is 1. The van der Waals surface area contributed by atoms with Gasteiger partial charge in [-0.05, 0) is 49.1 Å². The lowest BCUT2D eigenvalue weighted by atomic mass is 10.1. The summed E-state index contributed by atoms with van der Waals surface area (Å²) in [5.41, 5.74) is 4.30. The summed E-state index contributed by atoms with van der Waals surface area (Å²) in [5.74, 6) is 1.41. The van der Waals surface area contributed by atoms with Gasteiger partial charge in [-0.2, -0.15) is 0 Å². The van der Waals surface area contributed by atoms with Crippen molar-refractivity contribution in [3.8, 4) is 5.69 Å². The summed E-state index contributed by atoms with van der Waals surface area (Å²) in [6.45, 7) is 3.97. The third-order valence-corrected chi connectivity index (χ3v) is 6.76. The van der Waals surface area contributed by atoms with Crippen molar-refractivity contribution in [1.29, 1.82) is 0 Å². The number of hydrogen-bond donors (Lipinski definition) is 1. The average Bonchev–Trinajstić information content (AvgIpc) is 3.28. The fourth-order valence-electron chi connectivity index (χ4n) is 3.71. The van der Waals surface area contributed by atoms with Crippen molar-refractivity contribution in [2.24, 2.45) is 0 Å². The van der Waals surface area contributed by atoms with Crippen LogP contribution in [0.5, 0.6) is 0 Å². The van der Waals surface area contributed by atoms with E-state index in [1.165, 1.54) is 5.56 Å². The molecule has 0 radical (unpaired) electrons. The van der Waals surface area contributed by atoms with Crippen LogP contribution in [-0.4, -0.2) is 20.7 Å². The first-order valence-electron chi connectivity index (χ1n) is 11.2. The number of carbonyl (C=O) groups is 1. The Bertz CT molecular complexity index is 1240. The van der Waals surface area contributed by atoms with Gasteiger partial charge in [0.2, 0.25) is 5.91 Å². The van der Waals surface area contributed by atoms with Gasteiger partial charge in [-0.1, -0.05) is 90.1 Å². The summed E-state index contributed by atoms with van der Waals surface area (Å²) in [7, 11) is 0. The number of halogens is 1. The zero-order chi connectivity index (χ0) is 23.9. The Balaban J connectivity index is 1.56. The predicted molar refractivity (Wildman–Crippen MR) is 138 cm³/mol. The molecular formula is C27H27ClN4OS. The molecule has 174 valence electrons. The van der Waals surface area contributed by atoms with Crippen LogP contribution in [0.2, 0.25) is 5.02 Å². The second-order valence-electron chi connectivity index (χ2n) is 8.16. The number of carbonyl (C=O) groups excluding carboxylic acids is 1. The molecule has 4 aromatic rings. The van der Waals surface area contributed by atoms with E-state index in [0.717, 1.165) is 27.7 Å². The van der Waals surface area contributed by atoms with Crippen LogP contribution >= 0.6 is 23.4 Å². The van der Waals surface area contributed by atoms with E-state index in [1.807, 2.05) is 85.1 Å². The standard InChI is InChI=1S/C27H27ClN4OS/c1-19-13-15-23(28)17-24(19)32-26(30-31-27(32)34-18-22-11-7-4-8-12-22)20(2)29-25(33)16-14-21-9-5-3-6-10-21/h3-13,15,17,20H,14,16,18H2,1-2H3,(H,29,33). The highest BCUT2D eigenvalue weighted by Gasteiger charge is 2.22. The third kappa shape index (κ3) is 6.07. The largest absolute Gasteiger partial charge is 0.346 e. The zero-order valence-corrected chi connectivity index (χ0v) is 20.8. The molecule has 1 aromatic heterocycles. The van der Waals surface area contributed by atoms with E-state index in [4.69, 9.17) is 11.6 Å². The minimum atomic E-state index is -0.319. The molecule has 5 nitrogen and oxygen atoms in total. The lowest BCUT2D eigenvalue weighted by molar-refractivity contribution is -0.121. The quantitative estimate of drug-likeness (QED) is 0.278. The monoisotopic (exact) mass is 490 g/mol. The Hall–Kier alpha value is -3.09. The van der Waals surface area contributed by atoms with E-state index in [2.05, 4.69) is 27.6 Å². The van der Waals surface area contributed by atoms with Gasteiger partial charge in [0.15, 0.2) is 11.0 Å². The molecule has 0 fully saturated rings. The van der Waals surface area contributed by atoms with Crippen molar-refractivity contribution in [3.63, 3.8) is 0 Å². The number of rotatable bonds is 9. The summed E-state index contributed by atoms with van der Waals surface area (Å²) in [6.07, 6.45) is 1.10. The molecule has 0 spiro atoms. The Morgan fingerprint density at radius 3 is 2.38 bits per heavy atom. The zero-order valence-electron chi connectivity index (χ0n) is 19.2. The van der Waals surface area contributed by atoms with Crippen LogP contribution in [0, 0.1) is 6.92 Å². The molecule has 3 aromatic carbocycles. The van der Waals surface area contributed by atoms with Gasteiger partial charge < -0.3 is 5.32 Å². The summed E-state index contributed by atoms with van der Waals surface area (Å²) in [6, 6.07) is 25.7. The lowest BCUT2D eigenvalue weighted by Crippen LogP contribution is -2.29. The molecular weight excluding hydrogens is 464 g/mol. The lowest BCUT2D eigenvalue weighted by Gasteiger charge is -2.18. The van der Waals surface area contributed by atoms with Crippen LogP contribution < -0.4 is 5.32 Å². The molecule has 0 aliphatic carbocycles. The van der Waals surface area contributed by atoms with Gasteiger partial charge >= 0.3 is 0 Å². The summed E-state index contributed by atoms with van der Waals surface area (Å²) in [4.78, 5) is 12.7. The molecule has 0 aliphatic heterocycles. The summed E-state index contributed by atoms with van der Waals surface area (Å²) >= 11 is 7.95. The maximum atomic E-state index is 12.7. The number of aryl methyl sites for hydroxylation is 2. The Morgan fingerprint density at radius 2 is 1.68 bits per heavy atom. The number of hydrogen-bond acceptors (Lipinski definition) is 4. The van der Waals surface area contributed by atoms with Gasteiger partial charge in [-0.15, -0.1) is 10.2 Å². The molecule has 1 heterocycles. The van der Waals surface area contributed by atoms with Crippen molar-refractivity contribution in [2.45, 2.75) is 43.6 Å². The fourth-order valence-corrected chi connectivity index (χ4v) is 4.78. The van der Waals surface area contributed by atoms with Crippen LogP contribution in [0.4, 0.5) is 0 Å². The normalized spacial score (nSPS) is 11.9. The van der Waals surface area contributed by atoms with Crippen molar-refractivity contribution >= 4 is 29.3 Å². The van der Waals surface area contributed by atoms with Gasteiger partial charge in [-0.3, -0.25) is 9.36 Å². The molecule has 0 aliphatic rings. The molecule has 0 saturated heterocycles. The summed E-state index contributed by atoms with van der Waals surface area (Å²) < 4.78 is 2.01. The minimum Gasteiger partial charge on any atom is -0.346 e. The molecule has 1 unspecified atom stereocenters. The van der Waals surface area contributed by atoms with Crippen LogP contribution in [0.25, 0.3) is 5.69 Å². The van der Waals surface area contributed by atoms with E-state index in [9.17, 15) is 4.79 Å². The van der Waals surface area contributed by atoms with E-state index in [0.29, 0.717) is 23.7 Å². The minimum absolute atomic E-state index is 0.0211. The first kappa shape index (κ1) is 24.0. The second-order valence-corrected chi connectivity index (χ2v) is 9.54. The van der Waals surface area contributed by atoms with E-state index < -0.39 is 0 Å². The first-order chi connectivity index (χ1) is 16.5.